The number of nitrogens with zero attached hydrogens (tertiary/aromatic N) is 1. The molecule has 0 saturated heterocycles. The maximum Gasteiger partial charge on any atom is 0.263 e. The highest BCUT2D eigenvalue weighted by molar-refractivity contribution is 7.92. The number of rotatable bonds is 6. The molecule has 0 aliphatic rings. The molecule has 0 saturated carbocycles. The molecule has 0 bridgehead atoms. The second kappa shape index (κ2) is 6.46. The molecule has 0 radical (unpaired) electrons. The number of aromatic amines is 1. The first kappa shape index (κ1) is 15.8. The Bertz CT molecular complexity index is 699. The van der Waals surface area contributed by atoms with Crippen LogP contribution in [0.2, 0.25) is 5.02 Å². The van der Waals surface area contributed by atoms with Crippen molar-refractivity contribution >= 4 is 27.3 Å². The summed E-state index contributed by atoms with van der Waals surface area (Å²) in [5, 5.41) is 9.65. The van der Waals surface area contributed by atoms with E-state index in [9.17, 15) is 8.42 Å². The van der Waals surface area contributed by atoms with E-state index < -0.39 is 10.0 Å². The highest BCUT2D eigenvalue weighted by Gasteiger charge is 2.19. The van der Waals surface area contributed by atoms with Gasteiger partial charge in [0, 0.05) is 18.8 Å². The van der Waals surface area contributed by atoms with Crippen LogP contribution in [0.3, 0.4) is 0 Å². The van der Waals surface area contributed by atoms with E-state index in [4.69, 9.17) is 11.6 Å². The molecule has 2 aromatic rings. The van der Waals surface area contributed by atoms with Crippen LogP contribution in [0.15, 0.2) is 35.5 Å². The van der Waals surface area contributed by atoms with Gasteiger partial charge in [0.1, 0.15) is 4.90 Å². The van der Waals surface area contributed by atoms with Gasteiger partial charge in [0.15, 0.2) is 0 Å². The van der Waals surface area contributed by atoms with Crippen molar-refractivity contribution in [1.82, 2.24) is 15.5 Å². The highest BCUT2D eigenvalue weighted by atomic mass is 35.5. The van der Waals surface area contributed by atoms with Crippen molar-refractivity contribution in [1.29, 1.82) is 0 Å². The Morgan fingerprint density at radius 1 is 1.38 bits per heavy atom. The number of aromatic nitrogens is 2. The predicted octanol–water partition coefficient (Wildman–Crippen LogP) is 2.36. The van der Waals surface area contributed by atoms with E-state index in [1.165, 1.54) is 12.4 Å². The van der Waals surface area contributed by atoms with Crippen molar-refractivity contribution in [2.24, 2.45) is 0 Å². The van der Waals surface area contributed by atoms with Gasteiger partial charge in [-0.1, -0.05) is 31.5 Å². The molecule has 1 aromatic heterocycles. The first-order valence-electron chi connectivity index (χ1n) is 6.42. The van der Waals surface area contributed by atoms with Crippen LogP contribution < -0.4 is 10.0 Å². The van der Waals surface area contributed by atoms with Crippen LogP contribution in [-0.2, 0) is 16.6 Å². The number of benzene rings is 1. The maximum atomic E-state index is 12.4. The Balaban J connectivity index is 2.27. The fourth-order valence-electron chi connectivity index (χ4n) is 1.70. The van der Waals surface area contributed by atoms with Gasteiger partial charge in [-0.25, -0.2) is 8.42 Å². The Morgan fingerprint density at radius 3 is 2.76 bits per heavy atom. The quantitative estimate of drug-likeness (QED) is 0.759. The van der Waals surface area contributed by atoms with Crippen molar-refractivity contribution in [2.45, 2.75) is 31.3 Å². The number of hydrogen-bond acceptors (Lipinski definition) is 4. The van der Waals surface area contributed by atoms with E-state index in [0.29, 0.717) is 18.3 Å². The molecule has 0 amide bonds. The van der Waals surface area contributed by atoms with Gasteiger partial charge < -0.3 is 5.32 Å². The molecule has 0 spiro atoms. The molecule has 0 aliphatic heterocycles. The van der Waals surface area contributed by atoms with E-state index in [1.807, 2.05) is 13.8 Å². The van der Waals surface area contributed by atoms with Gasteiger partial charge in [-0.05, 0) is 17.7 Å². The van der Waals surface area contributed by atoms with E-state index in [1.54, 1.807) is 18.2 Å². The number of sulfonamides is 1. The smallest absolute Gasteiger partial charge is 0.263 e. The summed E-state index contributed by atoms with van der Waals surface area (Å²) in [5.74, 6) is 0. The molecule has 114 valence electrons. The lowest BCUT2D eigenvalue weighted by molar-refractivity contribution is 0.587. The predicted molar refractivity (Wildman–Crippen MR) is 82.8 cm³/mol. The summed E-state index contributed by atoms with van der Waals surface area (Å²) in [5.41, 5.74) is 1.21. The number of halogens is 1. The van der Waals surface area contributed by atoms with Crippen LogP contribution in [-0.4, -0.2) is 24.7 Å². The highest BCUT2D eigenvalue weighted by Crippen LogP contribution is 2.24. The normalized spacial score (nSPS) is 11.8. The van der Waals surface area contributed by atoms with Crippen LogP contribution in [0.5, 0.6) is 0 Å². The second-order valence-corrected chi connectivity index (χ2v) is 6.95. The van der Waals surface area contributed by atoms with Crippen LogP contribution >= 0.6 is 11.6 Å². The van der Waals surface area contributed by atoms with Crippen molar-refractivity contribution in [3.05, 3.63) is 41.2 Å². The SMILES string of the molecule is CC(C)NCc1ccc(Cl)c(S(=O)(=O)Nc2cn[nH]c2)c1. The molecule has 6 nitrogen and oxygen atoms in total. The first-order valence-corrected chi connectivity index (χ1v) is 8.28. The minimum Gasteiger partial charge on any atom is -0.310 e. The van der Waals surface area contributed by atoms with Crippen molar-refractivity contribution in [3.63, 3.8) is 0 Å². The zero-order valence-electron chi connectivity index (χ0n) is 11.7. The number of nitrogens with one attached hydrogen (secondary N) is 3. The third-order valence-electron chi connectivity index (χ3n) is 2.75. The summed E-state index contributed by atoms with van der Waals surface area (Å²) in [6, 6.07) is 5.27. The van der Waals surface area contributed by atoms with E-state index in [2.05, 4.69) is 20.2 Å². The lowest BCUT2D eigenvalue weighted by atomic mass is 10.2. The zero-order valence-corrected chi connectivity index (χ0v) is 13.3. The van der Waals surface area contributed by atoms with Crippen LogP contribution in [0, 0.1) is 0 Å². The average Bonchev–Trinajstić information content (AvgIpc) is 2.89. The standard InChI is InChI=1S/C13H17ClN4O2S/c1-9(2)15-6-10-3-4-12(14)13(5-10)21(19,20)18-11-7-16-17-8-11/h3-5,7-9,15,18H,6H2,1-2H3,(H,16,17). The van der Waals surface area contributed by atoms with Crippen molar-refractivity contribution in [3.8, 4) is 0 Å². The Morgan fingerprint density at radius 2 is 2.14 bits per heavy atom. The molecule has 21 heavy (non-hydrogen) atoms. The molecule has 1 aromatic carbocycles. The fourth-order valence-corrected chi connectivity index (χ4v) is 3.29. The number of hydrogen-bond donors (Lipinski definition) is 3. The monoisotopic (exact) mass is 328 g/mol. The van der Waals surface area contributed by atoms with Gasteiger partial charge in [-0.2, -0.15) is 5.10 Å². The summed E-state index contributed by atoms with van der Waals surface area (Å²) in [6.45, 7) is 4.62. The largest absolute Gasteiger partial charge is 0.310 e. The summed E-state index contributed by atoms with van der Waals surface area (Å²) in [4.78, 5) is 0.0495. The second-order valence-electron chi connectivity index (χ2n) is 4.89. The van der Waals surface area contributed by atoms with E-state index >= 15 is 0 Å². The lowest BCUT2D eigenvalue weighted by Gasteiger charge is -2.12. The third kappa shape index (κ3) is 4.20. The maximum absolute atomic E-state index is 12.4. The first-order chi connectivity index (χ1) is 9.88. The van der Waals surface area contributed by atoms with Crippen molar-refractivity contribution in [2.75, 3.05) is 4.72 Å². The van der Waals surface area contributed by atoms with Crippen molar-refractivity contribution < 1.29 is 8.42 Å². The molecular formula is C13H17ClN4O2S. The Kier molecular flexibility index (Phi) is 4.87. The number of H-pyrrole nitrogens is 1. The topological polar surface area (TPSA) is 86.9 Å². The fraction of sp³-hybridized carbons (Fsp3) is 0.308. The van der Waals surface area contributed by atoms with E-state index in [-0.39, 0.29) is 9.92 Å². The average molecular weight is 329 g/mol. The summed E-state index contributed by atoms with van der Waals surface area (Å²) in [6.07, 6.45) is 2.84. The molecule has 2 rings (SSSR count). The van der Waals surface area contributed by atoms with E-state index in [0.717, 1.165) is 5.56 Å². The van der Waals surface area contributed by atoms with Gasteiger partial charge in [-0.3, -0.25) is 9.82 Å². The molecule has 0 unspecified atom stereocenters. The third-order valence-corrected chi connectivity index (χ3v) is 4.61. The summed E-state index contributed by atoms with van der Waals surface area (Å²) >= 11 is 6.02. The molecule has 0 atom stereocenters. The Hall–Kier alpha value is -1.57. The molecular weight excluding hydrogens is 312 g/mol. The minimum atomic E-state index is -3.74. The van der Waals surface area contributed by atoms with Gasteiger partial charge in [0.2, 0.25) is 0 Å². The molecule has 1 heterocycles. The molecule has 0 fully saturated rings. The van der Waals surface area contributed by atoms with Gasteiger partial charge in [-0.15, -0.1) is 0 Å². The molecule has 8 heteroatoms. The Labute approximate surface area is 129 Å². The lowest BCUT2D eigenvalue weighted by Crippen LogP contribution is -2.22. The van der Waals surface area contributed by atoms with Gasteiger partial charge >= 0.3 is 0 Å². The zero-order chi connectivity index (χ0) is 15.5. The van der Waals surface area contributed by atoms with Gasteiger partial charge in [0.05, 0.1) is 16.9 Å². The molecule has 3 N–H and O–H groups in total. The molecule has 0 aliphatic carbocycles. The van der Waals surface area contributed by atoms with Crippen LogP contribution in [0.4, 0.5) is 5.69 Å². The van der Waals surface area contributed by atoms with Crippen LogP contribution in [0.25, 0.3) is 0 Å². The van der Waals surface area contributed by atoms with Crippen LogP contribution in [0.1, 0.15) is 19.4 Å². The van der Waals surface area contributed by atoms with Gasteiger partial charge in [0.25, 0.3) is 10.0 Å². The number of anilines is 1. The minimum absolute atomic E-state index is 0.0495. The summed E-state index contributed by atoms with van der Waals surface area (Å²) < 4.78 is 27.1. The summed E-state index contributed by atoms with van der Waals surface area (Å²) in [7, 11) is -3.74.